The third-order valence-corrected chi connectivity index (χ3v) is 4.56. The molecule has 3 aromatic rings. The van der Waals surface area contributed by atoms with Gasteiger partial charge in [0.05, 0.1) is 24.1 Å². The number of hydrogen-bond acceptors (Lipinski definition) is 7. The van der Waals surface area contributed by atoms with Gasteiger partial charge in [-0.1, -0.05) is 0 Å². The number of nitrogen functional groups attached to an aromatic ring is 1. The van der Waals surface area contributed by atoms with Gasteiger partial charge in [0, 0.05) is 12.7 Å². The molecule has 0 bridgehead atoms. The molecule has 3 aromatic heterocycles. The summed E-state index contributed by atoms with van der Waals surface area (Å²) in [5, 5.41) is 7.34. The van der Waals surface area contributed by atoms with E-state index < -0.39 is 0 Å². The Hall–Kier alpha value is -3.23. The molecule has 0 saturated carbocycles. The SMILES string of the molecule is Cc1nc(C(=O)NCc2nn(C)c3c2CCC3)c(N)nc1-c1ncco1. The Labute approximate surface area is 149 Å². The lowest BCUT2D eigenvalue weighted by atomic mass is 10.2. The van der Waals surface area contributed by atoms with Gasteiger partial charge in [-0.15, -0.1) is 0 Å². The second-order valence-corrected chi connectivity index (χ2v) is 6.26. The zero-order valence-electron chi connectivity index (χ0n) is 14.6. The van der Waals surface area contributed by atoms with Gasteiger partial charge in [0.15, 0.2) is 11.5 Å². The van der Waals surface area contributed by atoms with Gasteiger partial charge in [0.25, 0.3) is 5.91 Å². The highest BCUT2D eigenvalue weighted by molar-refractivity contribution is 5.96. The van der Waals surface area contributed by atoms with Crippen molar-refractivity contribution in [2.24, 2.45) is 7.05 Å². The van der Waals surface area contributed by atoms with Crippen LogP contribution in [-0.4, -0.2) is 30.6 Å². The number of aromatic nitrogens is 5. The van der Waals surface area contributed by atoms with Crippen LogP contribution in [0.25, 0.3) is 11.6 Å². The third kappa shape index (κ3) is 2.71. The number of oxazole rings is 1. The third-order valence-electron chi connectivity index (χ3n) is 4.56. The molecule has 0 aromatic carbocycles. The predicted molar refractivity (Wildman–Crippen MR) is 93.1 cm³/mol. The van der Waals surface area contributed by atoms with Crippen molar-refractivity contribution in [3.63, 3.8) is 0 Å². The van der Waals surface area contributed by atoms with E-state index in [0.717, 1.165) is 25.0 Å². The summed E-state index contributed by atoms with van der Waals surface area (Å²) in [6.45, 7) is 2.07. The molecule has 0 saturated heterocycles. The lowest BCUT2D eigenvalue weighted by Gasteiger charge is -2.08. The Morgan fingerprint density at radius 1 is 1.38 bits per heavy atom. The van der Waals surface area contributed by atoms with Crippen molar-refractivity contribution >= 4 is 11.7 Å². The molecule has 9 heteroatoms. The average Bonchev–Trinajstić information content (AvgIpc) is 3.34. The second-order valence-electron chi connectivity index (χ2n) is 6.26. The summed E-state index contributed by atoms with van der Waals surface area (Å²) >= 11 is 0. The molecule has 0 unspecified atom stereocenters. The topological polar surface area (TPSA) is 125 Å². The number of rotatable bonds is 4. The maximum absolute atomic E-state index is 12.5. The fraction of sp³-hybridized carbons (Fsp3) is 0.353. The minimum absolute atomic E-state index is 0.0348. The van der Waals surface area contributed by atoms with E-state index in [1.807, 2.05) is 11.7 Å². The molecule has 3 heterocycles. The molecule has 0 radical (unpaired) electrons. The smallest absolute Gasteiger partial charge is 0.274 e. The molecule has 1 aliphatic rings. The molecule has 0 atom stereocenters. The maximum atomic E-state index is 12.5. The summed E-state index contributed by atoms with van der Waals surface area (Å²) < 4.78 is 7.12. The number of hydrogen-bond donors (Lipinski definition) is 2. The van der Waals surface area contributed by atoms with E-state index in [2.05, 4.69) is 25.4 Å². The van der Waals surface area contributed by atoms with Crippen molar-refractivity contribution < 1.29 is 9.21 Å². The van der Waals surface area contributed by atoms with E-state index in [1.54, 1.807) is 6.92 Å². The molecule has 1 amide bonds. The van der Waals surface area contributed by atoms with Crippen LogP contribution in [0, 0.1) is 6.92 Å². The summed E-state index contributed by atoms with van der Waals surface area (Å²) in [6.07, 6.45) is 6.12. The fourth-order valence-electron chi connectivity index (χ4n) is 3.33. The Bertz CT molecular complexity index is 976. The Kier molecular flexibility index (Phi) is 3.90. The lowest BCUT2D eigenvalue weighted by molar-refractivity contribution is 0.0945. The first kappa shape index (κ1) is 16.2. The van der Waals surface area contributed by atoms with Crippen molar-refractivity contribution in [3.05, 3.63) is 40.8 Å². The molecule has 0 spiro atoms. The summed E-state index contributed by atoms with van der Waals surface area (Å²) in [7, 11) is 1.93. The molecule has 1 aliphatic carbocycles. The van der Waals surface area contributed by atoms with E-state index in [0.29, 0.717) is 23.8 Å². The molecule has 0 aliphatic heterocycles. The maximum Gasteiger partial charge on any atom is 0.274 e. The van der Waals surface area contributed by atoms with Crippen LogP contribution < -0.4 is 11.1 Å². The van der Waals surface area contributed by atoms with E-state index in [4.69, 9.17) is 10.2 Å². The highest BCUT2D eigenvalue weighted by atomic mass is 16.3. The van der Waals surface area contributed by atoms with Crippen LogP contribution in [0.3, 0.4) is 0 Å². The summed E-state index contributed by atoms with van der Waals surface area (Å²) in [6, 6.07) is 0. The van der Waals surface area contributed by atoms with Crippen molar-refractivity contribution in [3.8, 4) is 11.6 Å². The minimum Gasteiger partial charge on any atom is -0.443 e. The van der Waals surface area contributed by atoms with Gasteiger partial charge >= 0.3 is 0 Å². The summed E-state index contributed by atoms with van der Waals surface area (Å²) in [4.78, 5) is 25.1. The second kappa shape index (κ2) is 6.25. The Morgan fingerprint density at radius 3 is 3.00 bits per heavy atom. The number of aryl methyl sites for hydroxylation is 2. The molecule has 9 nitrogen and oxygen atoms in total. The highest BCUT2D eigenvalue weighted by Crippen LogP contribution is 2.25. The number of anilines is 1. The zero-order chi connectivity index (χ0) is 18.3. The Morgan fingerprint density at radius 2 is 2.23 bits per heavy atom. The summed E-state index contributed by atoms with van der Waals surface area (Å²) in [5.74, 6) is -0.0280. The van der Waals surface area contributed by atoms with Crippen LogP contribution in [0.15, 0.2) is 16.9 Å². The number of nitrogens with one attached hydrogen (secondary N) is 1. The van der Waals surface area contributed by atoms with E-state index in [1.165, 1.54) is 23.7 Å². The number of fused-ring (bicyclic) bond motifs is 1. The van der Waals surface area contributed by atoms with Crippen LogP contribution >= 0.6 is 0 Å². The minimum atomic E-state index is -0.380. The van der Waals surface area contributed by atoms with Gasteiger partial charge in [0.1, 0.15) is 12.0 Å². The fourth-order valence-corrected chi connectivity index (χ4v) is 3.33. The predicted octanol–water partition coefficient (Wildman–Crippen LogP) is 1.17. The van der Waals surface area contributed by atoms with Crippen molar-refractivity contribution in [2.45, 2.75) is 32.7 Å². The number of carbonyl (C=O) groups excluding carboxylic acids is 1. The van der Waals surface area contributed by atoms with Crippen LogP contribution in [-0.2, 0) is 26.4 Å². The number of carbonyl (C=O) groups is 1. The quantitative estimate of drug-likeness (QED) is 0.721. The molecule has 26 heavy (non-hydrogen) atoms. The molecular formula is C17H19N7O2. The molecule has 3 N–H and O–H groups in total. The van der Waals surface area contributed by atoms with Crippen LogP contribution in [0.1, 0.15) is 39.6 Å². The van der Waals surface area contributed by atoms with Crippen molar-refractivity contribution in [1.82, 2.24) is 30.0 Å². The monoisotopic (exact) mass is 353 g/mol. The first-order valence-electron chi connectivity index (χ1n) is 8.40. The normalized spacial score (nSPS) is 13.0. The Balaban J connectivity index is 1.54. The first-order valence-corrected chi connectivity index (χ1v) is 8.40. The standard InChI is InChI=1S/C17H19N7O2/c1-9-13(17-19-6-7-26-17)22-15(18)14(21-9)16(25)20-8-11-10-4-3-5-12(10)24(2)23-11/h6-7H,3-5,8H2,1-2H3,(H2,18,22)(H,20,25). The van der Waals surface area contributed by atoms with E-state index in [9.17, 15) is 4.79 Å². The zero-order valence-corrected chi connectivity index (χ0v) is 14.6. The number of amides is 1. The van der Waals surface area contributed by atoms with Gasteiger partial charge in [-0.2, -0.15) is 5.10 Å². The largest absolute Gasteiger partial charge is 0.443 e. The van der Waals surface area contributed by atoms with Crippen LogP contribution in [0.4, 0.5) is 5.82 Å². The van der Waals surface area contributed by atoms with Gasteiger partial charge in [-0.05, 0) is 31.7 Å². The molecule has 0 fully saturated rings. The van der Waals surface area contributed by atoms with Gasteiger partial charge in [-0.25, -0.2) is 15.0 Å². The van der Waals surface area contributed by atoms with Gasteiger partial charge in [0.2, 0.25) is 5.89 Å². The first-order chi connectivity index (χ1) is 12.5. The average molecular weight is 353 g/mol. The van der Waals surface area contributed by atoms with Crippen LogP contribution in [0.5, 0.6) is 0 Å². The van der Waals surface area contributed by atoms with Crippen molar-refractivity contribution in [2.75, 3.05) is 5.73 Å². The molecule has 134 valence electrons. The van der Waals surface area contributed by atoms with Gasteiger partial charge in [-0.3, -0.25) is 9.48 Å². The molecule has 4 rings (SSSR count). The number of nitrogens with two attached hydrogens (primary N) is 1. The van der Waals surface area contributed by atoms with E-state index in [-0.39, 0.29) is 17.4 Å². The van der Waals surface area contributed by atoms with E-state index >= 15 is 0 Å². The summed E-state index contributed by atoms with van der Waals surface area (Å²) in [5.41, 5.74) is 10.4. The molecular weight excluding hydrogens is 334 g/mol. The van der Waals surface area contributed by atoms with Crippen LogP contribution in [0.2, 0.25) is 0 Å². The van der Waals surface area contributed by atoms with Gasteiger partial charge < -0.3 is 15.5 Å². The van der Waals surface area contributed by atoms with Crippen molar-refractivity contribution in [1.29, 1.82) is 0 Å². The highest BCUT2D eigenvalue weighted by Gasteiger charge is 2.22. The lowest BCUT2D eigenvalue weighted by Crippen LogP contribution is -2.26. The number of nitrogens with zero attached hydrogens (tertiary/aromatic N) is 5.